The molecule has 12 heteroatoms. The van der Waals surface area contributed by atoms with Gasteiger partial charge in [-0.15, -0.1) is 4.33 Å². The Morgan fingerprint density at radius 2 is 1.31 bits per heavy atom. The van der Waals surface area contributed by atoms with Crippen molar-refractivity contribution in [1.82, 2.24) is 0 Å². The highest BCUT2D eigenvalue weighted by molar-refractivity contribution is 7.94. The topological polar surface area (TPSA) is 152 Å². The Labute approximate surface area is 300 Å². The van der Waals surface area contributed by atoms with Gasteiger partial charge in [0.2, 0.25) is 0 Å². The minimum absolute atomic E-state index is 0.0111. The minimum atomic E-state index is -4.79. The maximum absolute atomic E-state index is 13.3. The number of hydrogen-bond donors (Lipinski definition) is 2. The standard InChI is InChI=1S/C39H33NO9S2/c1-26-5-8-28(23-36(26)50-49-48-42)38(41)29-9-20-35(37(24-29)51(43,44)45)47-34-18-12-31(13-19-34)39(21-3-2-4-22-39)30-10-16-33(17-11-30)46-32-14-6-27(25-40)7-15-32/h5-20,23-24,42H,2-4,21-22H2,1H3,(H,43,44,45). The lowest BCUT2D eigenvalue weighted by Gasteiger charge is -2.38. The highest BCUT2D eigenvalue weighted by Gasteiger charge is 2.36. The zero-order valence-electron chi connectivity index (χ0n) is 27.4. The van der Waals surface area contributed by atoms with Crippen LogP contribution >= 0.6 is 12.0 Å². The summed E-state index contributed by atoms with van der Waals surface area (Å²) in [6.07, 6.45) is 5.19. The second-order valence-corrected chi connectivity index (χ2v) is 14.3. The van der Waals surface area contributed by atoms with E-state index in [4.69, 9.17) is 20.0 Å². The van der Waals surface area contributed by atoms with Crippen LogP contribution in [0.4, 0.5) is 0 Å². The zero-order valence-corrected chi connectivity index (χ0v) is 29.1. The molecule has 260 valence electrons. The van der Waals surface area contributed by atoms with Crippen molar-refractivity contribution in [1.29, 1.82) is 5.26 Å². The van der Waals surface area contributed by atoms with Crippen LogP contribution in [0.3, 0.4) is 0 Å². The van der Waals surface area contributed by atoms with Gasteiger partial charge in [-0.05, 0) is 109 Å². The van der Waals surface area contributed by atoms with Crippen molar-refractivity contribution >= 4 is 27.9 Å². The number of benzene rings is 5. The molecule has 0 aliphatic heterocycles. The maximum Gasteiger partial charge on any atom is 0.298 e. The molecular formula is C39H33NO9S2. The van der Waals surface area contributed by atoms with Gasteiger partial charge < -0.3 is 9.47 Å². The van der Waals surface area contributed by atoms with Gasteiger partial charge in [-0.1, -0.05) is 60.7 Å². The molecule has 0 unspecified atom stereocenters. The molecule has 1 saturated carbocycles. The van der Waals surface area contributed by atoms with Crippen LogP contribution in [-0.2, 0) is 24.9 Å². The molecule has 2 N–H and O–H groups in total. The summed E-state index contributed by atoms with van der Waals surface area (Å²) in [7, 11) is -4.79. The largest absolute Gasteiger partial charge is 0.457 e. The predicted octanol–water partition coefficient (Wildman–Crippen LogP) is 9.61. The van der Waals surface area contributed by atoms with Crippen molar-refractivity contribution in [3.63, 3.8) is 0 Å². The number of nitrogens with zero attached hydrogens (tertiary/aromatic N) is 1. The first kappa shape index (κ1) is 35.8. The number of carbonyl (C=O) groups excluding carboxylic acids is 1. The third-order valence-electron chi connectivity index (χ3n) is 9.06. The number of aryl methyl sites for hydroxylation is 1. The van der Waals surface area contributed by atoms with E-state index in [2.05, 4.69) is 27.6 Å². The number of hydrogen-bond acceptors (Lipinski definition) is 10. The van der Waals surface area contributed by atoms with Crippen LogP contribution < -0.4 is 9.47 Å². The minimum Gasteiger partial charge on any atom is -0.457 e. The second kappa shape index (κ2) is 15.5. The van der Waals surface area contributed by atoms with Crippen molar-refractivity contribution in [2.24, 2.45) is 0 Å². The van der Waals surface area contributed by atoms with Crippen LogP contribution in [0.15, 0.2) is 119 Å². The third kappa shape index (κ3) is 8.16. The molecule has 0 atom stereocenters. The quantitative estimate of drug-likeness (QED) is 0.0416. The van der Waals surface area contributed by atoms with Crippen molar-refractivity contribution < 1.29 is 41.9 Å². The van der Waals surface area contributed by atoms with Gasteiger partial charge in [0.05, 0.1) is 23.7 Å². The number of rotatable bonds is 12. The van der Waals surface area contributed by atoms with E-state index in [0.29, 0.717) is 39.8 Å². The van der Waals surface area contributed by atoms with E-state index in [9.17, 15) is 17.8 Å². The van der Waals surface area contributed by atoms with E-state index in [1.54, 1.807) is 55.5 Å². The van der Waals surface area contributed by atoms with E-state index < -0.39 is 20.8 Å². The molecule has 5 aromatic carbocycles. The molecule has 0 radical (unpaired) electrons. The van der Waals surface area contributed by atoms with E-state index in [1.165, 1.54) is 18.2 Å². The Morgan fingerprint density at radius 1 is 0.765 bits per heavy atom. The van der Waals surface area contributed by atoms with E-state index in [0.717, 1.165) is 54.9 Å². The summed E-state index contributed by atoms with van der Waals surface area (Å²) >= 11 is 0.702. The summed E-state index contributed by atoms with van der Waals surface area (Å²) in [6.45, 7) is 1.77. The molecule has 0 heterocycles. The van der Waals surface area contributed by atoms with Gasteiger partial charge in [0.1, 0.15) is 27.9 Å². The highest BCUT2D eigenvalue weighted by atomic mass is 32.2. The average Bonchev–Trinajstić information content (AvgIpc) is 3.15. The summed E-state index contributed by atoms with van der Waals surface area (Å²) in [5.41, 5.74) is 3.56. The summed E-state index contributed by atoms with van der Waals surface area (Å²) in [4.78, 5) is 13.3. The Hall–Kier alpha value is -5.00. The van der Waals surface area contributed by atoms with Crippen molar-refractivity contribution in [2.75, 3.05) is 0 Å². The van der Waals surface area contributed by atoms with Crippen molar-refractivity contribution in [2.45, 2.75) is 54.2 Å². The fourth-order valence-electron chi connectivity index (χ4n) is 6.43. The Balaban J connectivity index is 1.23. The number of nitriles is 1. The molecule has 0 saturated heterocycles. The number of carbonyl (C=O) groups is 1. The first-order valence-electron chi connectivity index (χ1n) is 16.1. The molecule has 1 fully saturated rings. The first-order valence-corrected chi connectivity index (χ1v) is 18.3. The van der Waals surface area contributed by atoms with Crippen LogP contribution in [-0.4, -0.2) is 24.0 Å². The maximum atomic E-state index is 13.3. The average molecular weight is 724 g/mol. The van der Waals surface area contributed by atoms with Gasteiger partial charge in [0.25, 0.3) is 10.1 Å². The zero-order chi connectivity index (χ0) is 36.0. The predicted molar refractivity (Wildman–Crippen MR) is 190 cm³/mol. The Kier molecular flexibility index (Phi) is 10.9. The molecule has 0 amide bonds. The van der Waals surface area contributed by atoms with Gasteiger partial charge in [0, 0.05) is 21.4 Å². The second-order valence-electron chi connectivity index (χ2n) is 12.2. The molecule has 51 heavy (non-hydrogen) atoms. The summed E-state index contributed by atoms with van der Waals surface area (Å²) < 4.78 is 51.5. The van der Waals surface area contributed by atoms with Crippen LogP contribution in [0.25, 0.3) is 0 Å². The normalized spacial score (nSPS) is 14.0. The molecule has 6 rings (SSSR count). The summed E-state index contributed by atoms with van der Waals surface area (Å²) in [5.74, 6) is 1.04. The van der Waals surface area contributed by atoms with Gasteiger partial charge in [-0.3, -0.25) is 9.35 Å². The highest BCUT2D eigenvalue weighted by Crippen LogP contribution is 2.46. The molecule has 0 spiro atoms. The van der Waals surface area contributed by atoms with E-state index >= 15 is 0 Å². The molecule has 0 bridgehead atoms. The monoisotopic (exact) mass is 723 g/mol. The van der Waals surface area contributed by atoms with Crippen LogP contribution in [0.1, 0.15) is 70.3 Å². The Morgan fingerprint density at radius 3 is 1.88 bits per heavy atom. The van der Waals surface area contributed by atoms with E-state index in [-0.39, 0.29) is 22.3 Å². The fourth-order valence-corrected chi connectivity index (χ4v) is 7.55. The van der Waals surface area contributed by atoms with Gasteiger partial charge in [-0.2, -0.15) is 13.7 Å². The Bertz CT molecular complexity index is 2170. The lowest BCUT2D eigenvalue weighted by Crippen LogP contribution is -2.30. The van der Waals surface area contributed by atoms with Crippen LogP contribution in [0.2, 0.25) is 0 Å². The van der Waals surface area contributed by atoms with Gasteiger partial charge in [-0.25, -0.2) is 5.26 Å². The lowest BCUT2D eigenvalue weighted by molar-refractivity contribution is -0.432. The molecule has 0 aromatic heterocycles. The van der Waals surface area contributed by atoms with Crippen LogP contribution in [0, 0.1) is 18.3 Å². The van der Waals surface area contributed by atoms with Crippen molar-refractivity contribution in [3.8, 4) is 29.1 Å². The third-order valence-corrected chi connectivity index (χ3v) is 10.7. The van der Waals surface area contributed by atoms with Gasteiger partial charge >= 0.3 is 0 Å². The molecular weight excluding hydrogens is 691 g/mol. The smallest absolute Gasteiger partial charge is 0.298 e. The SMILES string of the molecule is Cc1ccc(C(=O)c2ccc(Oc3ccc(C4(c5ccc(Oc6ccc(C#N)cc6)cc5)CCCCC4)cc3)c(S(=O)(=O)O)c2)cc1SOOO. The van der Waals surface area contributed by atoms with Gasteiger partial charge in [0.15, 0.2) is 5.78 Å². The molecule has 10 nitrogen and oxygen atoms in total. The van der Waals surface area contributed by atoms with Crippen LogP contribution in [0.5, 0.6) is 23.0 Å². The van der Waals surface area contributed by atoms with Crippen molar-refractivity contribution in [3.05, 3.63) is 143 Å². The first-order chi connectivity index (χ1) is 24.6. The molecule has 1 aliphatic rings. The summed E-state index contributed by atoms with van der Waals surface area (Å²) in [6, 6.07) is 33.2. The molecule has 1 aliphatic carbocycles. The summed E-state index contributed by atoms with van der Waals surface area (Å²) in [5, 5.41) is 21.2. The number of ether oxygens (including phenoxy) is 2. The fraction of sp³-hybridized carbons (Fsp3) is 0.179. The lowest BCUT2D eigenvalue weighted by atomic mass is 9.65. The van der Waals surface area contributed by atoms with E-state index in [1.807, 2.05) is 24.3 Å². The number of ketones is 1. The molecule has 5 aromatic rings.